The Morgan fingerprint density at radius 3 is 2.44 bits per heavy atom. The van der Waals surface area contributed by atoms with Crippen molar-refractivity contribution in [2.24, 2.45) is 0 Å². The summed E-state index contributed by atoms with van der Waals surface area (Å²) in [6, 6.07) is 9.17. The highest BCUT2D eigenvalue weighted by Gasteiger charge is 2.42. The summed E-state index contributed by atoms with van der Waals surface area (Å²) in [7, 11) is -3.28. The van der Waals surface area contributed by atoms with E-state index in [4.69, 9.17) is 0 Å². The van der Waals surface area contributed by atoms with Crippen LogP contribution >= 0.6 is 0 Å². The molecule has 1 unspecified atom stereocenters. The second-order valence-electron chi connectivity index (χ2n) is 4.26. The lowest BCUT2D eigenvalue weighted by Crippen LogP contribution is -2.22. The van der Waals surface area contributed by atoms with Gasteiger partial charge in [-0.25, -0.2) is 8.42 Å². The summed E-state index contributed by atoms with van der Waals surface area (Å²) in [6.45, 7) is 1.55. The van der Waals surface area contributed by atoms with Crippen LogP contribution < -0.4 is 0 Å². The normalized spacial score (nSPS) is 30.8. The van der Waals surface area contributed by atoms with Crippen molar-refractivity contribution in [2.75, 3.05) is 5.75 Å². The van der Waals surface area contributed by atoms with Crippen LogP contribution in [0.1, 0.15) is 18.9 Å². The van der Waals surface area contributed by atoms with Crippen molar-refractivity contribution in [2.45, 2.75) is 18.9 Å². The number of rotatable bonds is 1. The summed E-state index contributed by atoms with van der Waals surface area (Å²) in [4.78, 5) is 0.131. The van der Waals surface area contributed by atoms with Crippen LogP contribution in [0.2, 0.25) is 0 Å². The predicted octanol–water partition coefficient (Wildman–Crippen LogP) is 1.60. The Balaban J connectivity index is 2.50. The van der Waals surface area contributed by atoms with E-state index in [9.17, 15) is 13.5 Å². The third-order valence-corrected chi connectivity index (χ3v) is 4.79. The van der Waals surface area contributed by atoms with E-state index in [0.29, 0.717) is 0 Å². The summed E-state index contributed by atoms with van der Waals surface area (Å²) >= 11 is 0. The molecule has 1 aromatic rings. The van der Waals surface area contributed by atoms with Crippen LogP contribution in [-0.4, -0.2) is 24.9 Å². The molecular formula is C12H14O3S. The van der Waals surface area contributed by atoms with Crippen LogP contribution in [0, 0.1) is 0 Å². The lowest BCUT2D eigenvalue weighted by molar-refractivity contribution is 0.110. The molecule has 1 atom stereocenters. The maximum absolute atomic E-state index is 11.8. The maximum atomic E-state index is 11.8. The van der Waals surface area contributed by atoms with E-state index in [0.717, 1.165) is 5.56 Å². The largest absolute Gasteiger partial charge is 0.385 e. The molecule has 1 aliphatic rings. The van der Waals surface area contributed by atoms with Crippen LogP contribution in [0.5, 0.6) is 0 Å². The van der Waals surface area contributed by atoms with Crippen LogP contribution in [0.15, 0.2) is 35.2 Å². The SMILES string of the molecule is CC1(O)CCS(=O)(=O)/C1=C\c1ccccc1. The van der Waals surface area contributed by atoms with E-state index in [-0.39, 0.29) is 17.1 Å². The van der Waals surface area contributed by atoms with Crippen molar-refractivity contribution >= 4 is 15.9 Å². The molecule has 0 aliphatic carbocycles. The number of sulfone groups is 1. The molecule has 4 heteroatoms. The van der Waals surface area contributed by atoms with Gasteiger partial charge in [0.1, 0.15) is 0 Å². The molecule has 3 nitrogen and oxygen atoms in total. The number of hydrogen-bond acceptors (Lipinski definition) is 3. The maximum Gasteiger partial charge on any atom is 0.177 e. The van der Waals surface area contributed by atoms with E-state index in [1.54, 1.807) is 13.0 Å². The van der Waals surface area contributed by atoms with E-state index in [1.165, 1.54) is 0 Å². The molecule has 1 heterocycles. The lowest BCUT2D eigenvalue weighted by atomic mass is 10.0. The van der Waals surface area contributed by atoms with Gasteiger partial charge in [-0.3, -0.25) is 0 Å². The van der Waals surface area contributed by atoms with Gasteiger partial charge in [0.05, 0.1) is 16.3 Å². The van der Waals surface area contributed by atoms with Gasteiger partial charge in [-0.15, -0.1) is 0 Å². The van der Waals surface area contributed by atoms with E-state index >= 15 is 0 Å². The topological polar surface area (TPSA) is 54.4 Å². The van der Waals surface area contributed by atoms with Gasteiger partial charge in [-0.2, -0.15) is 0 Å². The Hall–Kier alpha value is -1.13. The van der Waals surface area contributed by atoms with Crippen molar-refractivity contribution < 1.29 is 13.5 Å². The second kappa shape index (κ2) is 3.71. The molecule has 1 fully saturated rings. The van der Waals surface area contributed by atoms with Crippen LogP contribution in [0.4, 0.5) is 0 Å². The first-order chi connectivity index (χ1) is 7.42. The zero-order chi connectivity index (χ0) is 11.8. The first-order valence-corrected chi connectivity index (χ1v) is 6.79. The highest BCUT2D eigenvalue weighted by molar-refractivity contribution is 7.95. The minimum absolute atomic E-state index is 0.0265. The quantitative estimate of drug-likeness (QED) is 0.808. The minimum Gasteiger partial charge on any atom is -0.385 e. The minimum atomic E-state index is -3.28. The van der Waals surface area contributed by atoms with Crippen LogP contribution in [0.25, 0.3) is 6.08 Å². The van der Waals surface area contributed by atoms with Crippen molar-refractivity contribution in [1.29, 1.82) is 0 Å². The number of hydrogen-bond donors (Lipinski definition) is 1. The third kappa shape index (κ3) is 2.03. The Labute approximate surface area is 95.3 Å². The van der Waals surface area contributed by atoms with E-state index in [2.05, 4.69) is 0 Å². The average Bonchev–Trinajstić information content (AvgIpc) is 2.43. The van der Waals surface area contributed by atoms with Crippen molar-refractivity contribution in [3.63, 3.8) is 0 Å². The molecule has 0 amide bonds. The molecule has 0 spiro atoms. The molecule has 0 radical (unpaired) electrons. The molecule has 16 heavy (non-hydrogen) atoms. The zero-order valence-corrected chi connectivity index (χ0v) is 9.87. The van der Waals surface area contributed by atoms with Gasteiger partial charge in [0.25, 0.3) is 0 Å². The molecule has 0 bridgehead atoms. The second-order valence-corrected chi connectivity index (χ2v) is 6.34. The van der Waals surface area contributed by atoms with Crippen molar-refractivity contribution in [3.8, 4) is 0 Å². The van der Waals surface area contributed by atoms with Gasteiger partial charge >= 0.3 is 0 Å². The molecule has 1 saturated heterocycles. The Bertz CT molecular complexity index is 512. The fourth-order valence-corrected chi connectivity index (χ4v) is 3.82. The summed E-state index contributed by atoms with van der Waals surface area (Å²) in [5, 5.41) is 10.0. The fraction of sp³-hybridized carbons (Fsp3) is 0.333. The van der Waals surface area contributed by atoms with Crippen molar-refractivity contribution in [3.05, 3.63) is 40.8 Å². The zero-order valence-electron chi connectivity index (χ0n) is 9.05. The molecule has 1 aliphatic heterocycles. The van der Waals surface area contributed by atoms with Gasteiger partial charge in [0.15, 0.2) is 9.84 Å². The van der Waals surface area contributed by atoms with Gasteiger partial charge in [0, 0.05) is 0 Å². The van der Waals surface area contributed by atoms with Crippen LogP contribution in [0.3, 0.4) is 0 Å². The van der Waals surface area contributed by atoms with Crippen molar-refractivity contribution in [1.82, 2.24) is 0 Å². The highest BCUT2D eigenvalue weighted by atomic mass is 32.2. The lowest BCUT2D eigenvalue weighted by Gasteiger charge is -2.16. The highest BCUT2D eigenvalue weighted by Crippen LogP contribution is 2.35. The van der Waals surface area contributed by atoms with E-state index < -0.39 is 15.4 Å². The summed E-state index contributed by atoms with van der Waals surface area (Å²) in [5.74, 6) is 0.0265. The standard InChI is InChI=1S/C12H14O3S/c1-12(13)7-8-16(14,15)11(12)9-10-5-3-2-4-6-10/h2-6,9,13H,7-8H2,1H3/b11-9-. The average molecular weight is 238 g/mol. The molecule has 86 valence electrons. The summed E-state index contributed by atoms with van der Waals surface area (Å²) in [6.07, 6.45) is 1.83. The Morgan fingerprint density at radius 1 is 1.31 bits per heavy atom. The monoisotopic (exact) mass is 238 g/mol. The molecule has 1 N–H and O–H groups in total. The Morgan fingerprint density at radius 2 is 1.94 bits per heavy atom. The summed E-state index contributed by atoms with van der Waals surface area (Å²) in [5.41, 5.74) is -0.433. The number of benzene rings is 1. The van der Waals surface area contributed by atoms with E-state index in [1.807, 2.05) is 30.3 Å². The smallest absolute Gasteiger partial charge is 0.177 e. The molecule has 0 saturated carbocycles. The Kier molecular flexibility index (Phi) is 2.64. The first-order valence-electron chi connectivity index (χ1n) is 5.14. The predicted molar refractivity (Wildman–Crippen MR) is 63.4 cm³/mol. The van der Waals surface area contributed by atoms with Gasteiger partial charge in [0.2, 0.25) is 0 Å². The summed E-state index contributed by atoms with van der Waals surface area (Å²) < 4.78 is 23.5. The molecule has 2 rings (SSSR count). The third-order valence-electron chi connectivity index (χ3n) is 2.82. The van der Waals surface area contributed by atoms with Crippen LogP contribution in [-0.2, 0) is 9.84 Å². The van der Waals surface area contributed by atoms with Gasteiger partial charge in [-0.05, 0) is 25.0 Å². The molecular weight excluding hydrogens is 224 g/mol. The molecule has 1 aromatic carbocycles. The molecule has 0 aromatic heterocycles. The fourth-order valence-electron chi connectivity index (χ4n) is 1.85. The first kappa shape index (κ1) is 11.4. The van der Waals surface area contributed by atoms with Gasteiger partial charge in [-0.1, -0.05) is 30.3 Å². The van der Waals surface area contributed by atoms with Gasteiger partial charge < -0.3 is 5.11 Å². The number of aliphatic hydroxyl groups is 1.